The first-order valence-electron chi connectivity index (χ1n) is 5.70. The number of amides is 1. The molecule has 1 fully saturated rings. The molecule has 0 saturated carbocycles. The first-order valence-corrected chi connectivity index (χ1v) is 5.70. The van der Waals surface area contributed by atoms with Gasteiger partial charge in [-0.05, 0) is 5.92 Å². The van der Waals surface area contributed by atoms with E-state index in [9.17, 15) is 22.8 Å². The number of carbonyl (C=O) groups is 2. The number of hydrogen-bond acceptors (Lipinski definition) is 2. The highest BCUT2D eigenvalue weighted by Crippen LogP contribution is 2.38. The molecule has 1 saturated heterocycles. The Morgan fingerprint density at radius 3 is 2.22 bits per heavy atom. The summed E-state index contributed by atoms with van der Waals surface area (Å²) in [5, 5.41) is 8.79. The number of rotatable bonds is 3. The molecular formula is C11H16F3NO3. The summed E-state index contributed by atoms with van der Waals surface area (Å²) in [6.07, 6.45) is -4.45. The molecule has 4 nitrogen and oxygen atoms in total. The molecule has 1 rings (SSSR count). The van der Waals surface area contributed by atoms with E-state index in [1.165, 1.54) is 0 Å². The van der Waals surface area contributed by atoms with Gasteiger partial charge in [-0.3, -0.25) is 9.59 Å². The lowest BCUT2D eigenvalue weighted by Crippen LogP contribution is -2.34. The van der Waals surface area contributed by atoms with Gasteiger partial charge in [0.2, 0.25) is 5.91 Å². The SMILES string of the molecule is CC(C)CC(=O)N1C[C@@H](C(F)(F)F)[C@H](C(=O)O)C1. The van der Waals surface area contributed by atoms with Gasteiger partial charge in [0.15, 0.2) is 0 Å². The lowest BCUT2D eigenvalue weighted by Gasteiger charge is -2.18. The molecule has 0 aromatic heterocycles. The van der Waals surface area contributed by atoms with Gasteiger partial charge in [0.25, 0.3) is 0 Å². The fourth-order valence-electron chi connectivity index (χ4n) is 2.07. The summed E-state index contributed by atoms with van der Waals surface area (Å²) < 4.78 is 38.0. The summed E-state index contributed by atoms with van der Waals surface area (Å²) in [6.45, 7) is 2.66. The lowest BCUT2D eigenvalue weighted by atomic mass is 9.96. The summed E-state index contributed by atoms with van der Waals surface area (Å²) in [4.78, 5) is 23.5. The van der Waals surface area contributed by atoms with Crippen molar-refractivity contribution >= 4 is 11.9 Å². The lowest BCUT2D eigenvalue weighted by molar-refractivity contribution is -0.188. The fraction of sp³-hybridized carbons (Fsp3) is 0.818. The van der Waals surface area contributed by atoms with Gasteiger partial charge in [0.05, 0.1) is 11.8 Å². The van der Waals surface area contributed by atoms with Crippen LogP contribution in [0.15, 0.2) is 0 Å². The Balaban J connectivity index is 2.79. The number of carbonyl (C=O) groups excluding carboxylic acids is 1. The minimum Gasteiger partial charge on any atom is -0.481 e. The van der Waals surface area contributed by atoms with Crippen LogP contribution in [0.25, 0.3) is 0 Å². The van der Waals surface area contributed by atoms with E-state index in [2.05, 4.69) is 0 Å². The molecule has 104 valence electrons. The van der Waals surface area contributed by atoms with Crippen molar-refractivity contribution in [2.75, 3.05) is 13.1 Å². The van der Waals surface area contributed by atoms with Crippen LogP contribution in [0, 0.1) is 17.8 Å². The van der Waals surface area contributed by atoms with Gasteiger partial charge >= 0.3 is 12.1 Å². The number of carboxylic acid groups (broad SMARTS) is 1. The number of carboxylic acids is 1. The zero-order valence-corrected chi connectivity index (χ0v) is 10.2. The molecule has 7 heteroatoms. The van der Waals surface area contributed by atoms with Crippen molar-refractivity contribution in [2.24, 2.45) is 17.8 Å². The van der Waals surface area contributed by atoms with E-state index in [4.69, 9.17) is 5.11 Å². The number of nitrogens with zero attached hydrogens (tertiary/aromatic N) is 1. The molecule has 1 heterocycles. The first kappa shape index (κ1) is 14.8. The van der Waals surface area contributed by atoms with Crippen LogP contribution in [-0.2, 0) is 9.59 Å². The van der Waals surface area contributed by atoms with Crippen molar-refractivity contribution in [3.05, 3.63) is 0 Å². The summed E-state index contributed by atoms with van der Waals surface area (Å²) >= 11 is 0. The quantitative estimate of drug-likeness (QED) is 0.847. The van der Waals surface area contributed by atoms with Crippen molar-refractivity contribution in [1.82, 2.24) is 4.90 Å². The summed E-state index contributed by atoms with van der Waals surface area (Å²) in [7, 11) is 0. The number of hydrogen-bond donors (Lipinski definition) is 1. The topological polar surface area (TPSA) is 57.6 Å². The highest BCUT2D eigenvalue weighted by Gasteiger charge is 2.53. The molecule has 1 amide bonds. The van der Waals surface area contributed by atoms with E-state index in [0.29, 0.717) is 0 Å². The molecule has 1 aliphatic heterocycles. The predicted octanol–water partition coefficient (Wildman–Crippen LogP) is 1.75. The maximum Gasteiger partial charge on any atom is 0.394 e. The van der Waals surface area contributed by atoms with Crippen molar-refractivity contribution in [3.63, 3.8) is 0 Å². The third-order valence-electron chi connectivity index (χ3n) is 2.99. The normalized spacial score (nSPS) is 24.7. The van der Waals surface area contributed by atoms with Gasteiger partial charge in [0, 0.05) is 19.5 Å². The van der Waals surface area contributed by atoms with Crippen LogP contribution in [0.1, 0.15) is 20.3 Å². The first-order chi connectivity index (χ1) is 8.12. The maximum atomic E-state index is 12.7. The van der Waals surface area contributed by atoms with Crippen molar-refractivity contribution in [2.45, 2.75) is 26.4 Å². The van der Waals surface area contributed by atoms with Gasteiger partial charge in [-0.2, -0.15) is 13.2 Å². The molecule has 0 spiro atoms. The molecule has 1 N–H and O–H groups in total. The second-order valence-corrected chi connectivity index (χ2v) is 4.99. The average molecular weight is 267 g/mol. The number of halogens is 3. The molecule has 1 aliphatic rings. The fourth-order valence-corrected chi connectivity index (χ4v) is 2.07. The molecule has 0 unspecified atom stereocenters. The van der Waals surface area contributed by atoms with Crippen LogP contribution in [0.5, 0.6) is 0 Å². The van der Waals surface area contributed by atoms with Gasteiger partial charge in [-0.1, -0.05) is 13.8 Å². The number of alkyl halides is 3. The Morgan fingerprint density at radius 1 is 1.33 bits per heavy atom. The Bertz CT molecular complexity index is 341. The minimum absolute atomic E-state index is 0.0331. The highest BCUT2D eigenvalue weighted by molar-refractivity contribution is 5.79. The Morgan fingerprint density at radius 2 is 1.89 bits per heavy atom. The van der Waals surface area contributed by atoms with E-state index < -0.39 is 36.4 Å². The van der Waals surface area contributed by atoms with E-state index in [0.717, 1.165) is 4.90 Å². The van der Waals surface area contributed by atoms with Crippen LogP contribution in [0.3, 0.4) is 0 Å². The average Bonchev–Trinajstić information content (AvgIpc) is 2.59. The Labute approximate surface area is 103 Å². The second-order valence-electron chi connectivity index (χ2n) is 4.99. The van der Waals surface area contributed by atoms with Gasteiger partial charge in [-0.15, -0.1) is 0 Å². The van der Waals surface area contributed by atoms with Gasteiger partial charge in [-0.25, -0.2) is 0 Å². The maximum absolute atomic E-state index is 12.7. The molecule has 0 bridgehead atoms. The zero-order chi connectivity index (χ0) is 14.1. The molecule has 0 aliphatic carbocycles. The van der Waals surface area contributed by atoms with E-state index in [1.54, 1.807) is 13.8 Å². The largest absolute Gasteiger partial charge is 0.481 e. The summed E-state index contributed by atoms with van der Waals surface area (Å²) in [6, 6.07) is 0. The van der Waals surface area contributed by atoms with Crippen LogP contribution in [0.4, 0.5) is 13.2 Å². The summed E-state index contributed by atoms with van der Waals surface area (Å²) in [5.41, 5.74) is 0. The van der Waals surface area contributed by atoms with Crippen LogP contribution < -0.4 is 0 Å². The van der Waals surface area contributed by atoms with Gasteiger partial charge < -0.3 is 10.0 Å². The molecule has 2 atom stereocenters. The minimum atomic E-state index is -4.59. The van der Waals surface area contributed by atoms with Crippen LogP contribution in [-0.4, -0.2) is 41.1 Å². The smallest absolute Gasteiger partial charge is 0.394 e. The number of likely N-dealkylation sites (tertiary alicyclic amines) is 1. The van der Waals surface area contributed by atoms with Crippen molar-refractivity contribution in [1.29, 1.82) is 0 Å². The zero-order valence-electron chi connectivity index (χ0n) is 10.2. The van der Waals surface area contributed by atoms with Gasteiger partial charge in [0.1, 0.15) is 0 Å². The monoisotopic (exact) mass is 267 g/mol. The Kier molecular flexibility index (Phi) is 4.24. The second kappa shape index (κ2) is 5.16. The molecular weight excluding hydrogens is 251 g/mol. The van der Waals surface area contributed by atoms with E-state index in [-0.39, 0.29) is 18.9 Å². The van der Waals surface area contributed by atoms with E-state index >= 15 is 0 Å². The molecule has 0 aromatic rings. The van der Waals surface area contributed by atoms with Crippen LogP contribution >= 0.6 is 0 Å². The summed E-state index contributed by atoms with van der Waals surface area (Å²) in [5.74, 6) is -5.40. The van der Waals surface area contributed by atoms with Crippen molar-refractivity contribution < 1.29 is 27.9 Å². The standard InChI is InChI=1S/C11H16F3NO3/c1-6(2)3-9(16)15-4-7(10(17)18)8(5-15)11(12,13)14/h6-8H,3-5H2,1-2H3,(H,17,18)/t7-,8-/m1/s1. The third-order valence-corrected chi connectivity index (χ3v) is 2.99. The van der Waals surface area contributed by atoms with E-state index in [1.807, 2.05) is 0 Å². The highest BCUT2D eigenvalue weighted by atomic mass is 19.4. The van der Waals surface area contributed by atoms with Crippen molar-refractivity contribution in [3.8, 4) is 0 Å². The third kappa shape index (κ3) is 3.36. The molecule has 18 heavy (non-hydrogen) atoms. The molecule has 0 aromatic carbocycles. The van der Waals surface area contributed by atoms with Crippen LogP contribution in [0.2, 0.25) is 0 Å². The molecule has 0 radical (unpaired) electrons. The Hall–Kier alpha value is -1.27. The predicted molar refractivity (Wildman–Crippen MR) is 56.7 cm³/mol. The number of aliphatic carboxylic acids is 1.